The molecule has 0 amide bonds. The minimum atomic E-state index is -0.966. The van der Waals surface area contributed by atoms with Gasteiger partial charge in [-0.1, -0.05) is 38.8 Å². The summed E-state index contributed by atoms with van der Waals surface area (Å²) in [6.07, 6.45) is 8.40. The highest BCUT2D eigenvalue weighted by Gasteiger charge is 2.19. The Bertz CT molecular complexity index is 233. The number of alkyl halides is 1. The summed E-state index contributed by atoms with van der Waals surface area (Å²) < 4.78 is 19.0. The predicted octanol–water partition coefficient (Wildman–Crippen LogP) is 3.81. The molecule has 1 aliphatic carbocycles. The van der Waals surface area contributed by atoms with Crippen LogP contribution in [0.25, 0.3) is 0 Å². The lowest BCUT2D eigenvalue weighted by Crippen LogP contribution is -2.24. The van der Waals surface area contributed by atoms with E-state index in [0.29, 0.717) is 6.61 Å². The number of ether oxygens (including phenoxy) is 1. The minimum Gasteiger partial charge on any atom is -0.371 e. The molecule has 0 N–H and O–H groups in total. The van der Waals surface area contributed by atoms with Crippen LogP contribution in [-0.2, 0) is 4.74 Å². The molecule has 2 atom stereocenters. The minimum absolute atomic E-state index is 0.364. The van der Waals surface area contributed by atoms with E-state index >= 15 is 0 Å². The van der Waals surface area contributed by atoms with Crippen molar-refractivity contribution in [3.8, 4) is 0 Å². The summed E-state index contributed by atoms with van der Waals surface area (Å²) in [5, 5.41) is 0. The highest BCUT2D eigenvalue weighted by Crippen LogP contribution is 2.19. The third-order valence-electron chi connectivity index (χ3n) is 2.65. The van der Waals surface area contributed by atoms with Crippen molar-refractivity contribution in [2.75, 3.05) is 6.61 Å². The van der Waals surface area contributed by atoms with E-state index in [0.717, 1.165) is 24.8 Å². The van der Waals surface area contributed by atoms with Gasteiger partial charge in [0.2, 0.25) is 0 Å². The van der Waals surface area contributed by atoms with E-state index in [2.05, 4.69) is 6.92 Å². The second kappa shape index (κ2) is 6.78. The second-order valence-corrected chi connectivity index (χ2v) is 3.94. The van der Waals surface area contributed by atoms with Crippen LogP contribution in [-0.4, -0.2) is 18.9 Å². The number of hydrogen-bond donors (Lipinski definition) is 0. The van der Waals surface area contributed by atoms with Crippen molar-refractivity contribution in [3.05, 3.63) is 23.8 Å². The van der Waals surface area contributed by atoms with Crippen LogP contribution in [0.4, 0.5) is 4.39 Å². The summed E-state index contributed by atoms with van der Waals surface area (Å²) in [7, 11) is 0. The van der Waals surface area contributed by atoms with Gasteiger partial charge in [0.25, 0.3) is 0 Å². The number of halogens is 1. The van der Waals surface area contributed by atoms with Crippen LogP contribution in [0, 0.1) is 0 Å². The van der Waals surface area contributed by atoms with Crippen LogP contribution >= 0.6 is 0 Å². The Morgan fingerprint density at radius 1 is 1.33 bits per heavy atom. The first-order valence-corrected chi connectivity index (χ1v) is 5.92. The standard InChI is InChI=1S/C13H21FO/c1-3-5-6-9-15-13-8-7-11(4-2)10-12(13)14/h7-8,10,12-13H,3-6,9H2,1-2H3. The highest BCUT2D eigenvalue weighted by molar-refractivity contribution is 5.27. The zero-order valence-electron chi connectivity index (χ0n) is 9.71. The maximum absolute atomic E-state index is 13.5. The fourth-order valence-corrected chi connectivity index (χ4v) is 1.63. The van der Waals surface area contributed by atoms with Gasteiger partial charge < -0.3 is 4.74 Å². The first-order valence-electron chi connectivity index (χ1n) is 5.92. The molecule has 15 heavy (non-hydrogen) atoms. The van der Waals surface area contributed by atoms with Crippen LogP contribution in [0.1, 0.15) is 39.5 Å². The van der Waals surface area contributed by atoms with Crippen molar-refractivity contribution >= 4 is 0 Å². The number of hydrogen-bond acceptors (Lipinski definition) is 1. The van der Waals surface area contributed by atoms with Gasteiger partial charge in [0.15, 0.2) is 0 Å². The molecule has 2 unspecified atom stereocenters. The van der Waals surface area contributed by atoms with Gasteiger partial charge in [-0.2, -0.15) is 0 Å². The first kappa shape index (κ1) is 12.4. The lowest BCUT2D eigenvalue weighted by Gasteiger charge is -2.20. The van der Waals surface area contributed by atoms with Crippen molar-refractivity contribution in [1.29, 1.82) is 0 Å². The largest absolute Gasteiger partial charge is 0.371 e. The van der Waals surface area contributed by atoms with Crippen molar-refractivity contribution < 1.29 is 9.13 Å². The van der Waals surface area contributed by atoms with Gasteiger partial charge in [0.1, 0.15) is 12.3 Å². The van der Waals surface area contributed by atoms with Crippen LogP contribution in [0.2, 0.25) is 0 Å². The molecule has 0 saturated carbocycles. The van der Waals surface area contributed by atoms with E-state index in [1.165, 1.54) is 6.42 Å². The molecular formula is C13H21FO. The van der Waals surface area contributed by atoms with E-state index in [4.69, 9.17) is 4.74 Å². The zero-order valence-corrected chi connectivity index (χ0v) is 9.71. The Balaban J connectivity index is 2.27. The molecule has 2 heteroatoms. The molecule has 0 aliphatic heterocycles. The summed E-state index contributed by atoms with van der Waals surface area (Å²) in [5.74, 6) is 0. The maximum atomic E-state index is 13.5. The summed E-state index contributed by atoms with van der Waals surface area (Å²) in [6, 6.07) is 0. The second-order valence-electron chi connectivity index (χ2n) is 3.94. The Labute approximate surface area is 92.0 Å². The van der Waals surface area contributed by atoms with E-state index in [1.54, 1.807) is 6.08 Å². The van der Waals surface area contributed by atoms with Gasteiger partial charge in [-0.3, -0.25) is 0 Å². The first-order chi connectivity index (χ1) is 7.27. The van der Waals surface area contributed by atoms with Gasteiger partial charge in [-0.15, -0.1) is 0 Å². The predicted molar refractivity (Wildman–Crippen MR) is 61.7 cm³/mol. The summed E-state index contributed by atoms with van der Waals surface area (Å²) >= 11 is 0. The summed E-state index contributed by atoms with van der Waals surface area (Å²) in [6.45, 7) is 4.85. The molecule has 86 valence electrons. The smallest absolute Gasteiger partial charge is 0.148 e. The number of rotatable bonds is 6. The molecule has 0 radical (unpaired) electrons. The summed E-state index contributed by atoms with van der Waals surface area (Å²) in [4.78, 5) is 0. The Morgan fingerprint density at radius 2 is 2.13 bits per heavy atom. The monoisotopic (exact) mass is 212 g/mol. The number of unbranched alkanes of at least 4 members (excludes halogenated alkanes) is 2. The Kier molecular flexibility index (Phi) is 5.62. The van der Waals surface area contributed by atoms with Crippen molar-refractivity contribution in [3.63, 3.8) is 0 Å². The topological polar surface area (TPSA) is 9.23 Å². The van der Waals surface area contributed by atoms with Crippen LogP contribution in [0.3, 0.4) is 0 Å². The molecule has 0 heterocycles. The molecule has 1 rings (SSSR count). The van der Waals surface area contributed by atoms with Crippen molar-refractivity contribution in [1.82, 2.24) is 0 Å². The van der Waals surface area contributed by atoms with E-state index in [9.17, 15) is 4.39 Å². The van der Waals surface area contributed by atoms with Gasteiger partial charge in [0, 0.05) is 6.61 Å². The van der Waals surface area contributed by atoms with E-state index in [1.807, 2.05) is 19.1 Å². The molecule has 0 bridgehead atoms. The molecule has 1 aliphatic rings. The molecule has 0 aromatic rings. The van der Waals surface area contributed by atoms with Gasteiger partial charge in [-0.05, 0) is 24.5 Å². The van der Waals surface area contributed by atoms with Crippen molar-refractivity contribution in [2.45, 2.75) is 51.8 Å². The van der Waals surface area contributed by atoms with E-state index in [-0.39, 0.29) is 6.10 Å². The molecule has 0 aromatic carbocycles. The quantitative estimate of drug-likeness (QED) is 0.608. The average Bonchev–Trinajstić information content (AvgIpc) is 2.26. The van der Waals surface area contributed by atoms with E-state index < -0.39 is 6.17 Å². The average molecular weight is 212 g/mol. The normalized spacial score (nSPS) is 25.4. The molecule has 0 spiro atoms. The van der Waals surface area contributed by atoms with Crippen LogP contribution < -0.4 is 0 Å². The van der Waals surface area contributed by atoms with Crippen molar-refractivity contribution in [2.24, 2.45) is 0 Å². The third-order valence-corrected chi connectivity index (χ3v) is 2.65. The lowest BCUT2D eigenvalue weighted by atomic mass is 10.0. The fourth-order valence-electron chi connectivity index (χ4n) is 1.63. The Morgan fingerprint density at radius 3 is 2.73 bits per heavy atom. The molecule has 0 saturated heterocycles. The molecule has 0 aromatic heterocycles. The van der Waals surface area contributed by atoms with Crippen LogP contribution in [0.15, 0.2) is 23.8 Å². The lowest BCUT2D eigenvalue weighted by molar-refractivity contribution is 0.0409. The number of allylic oxidation sites excluding steroid dienone is 2. The fraction of sp³-hybridized carbons (Fsp3) is 0.692. The highest BCUT2D eigenvalue weighted by atomic mass is 19.1. The maximum Gasteiger partial charge on any atom is 0.148 e. The van der Waals surface area contributed by atoms with Gasteiger partial charge >= 0.3 is 0 Å². The summed E-state index contributed by atoms with van der Waals surface area (Å²) in [5.41, 5.74) is 1.07. The molecule has 0 fully saturated rings. The zero-order chi connectivity index (χ0) is 11.1. The molecular weight excluding hydrogens is 191 g/mol. The molecule has 1 nitrogen and oxygen atoms in total. The van der Waals surface area contributed by atoms with Crippen LogP contribution in [0.5, 0.6) is 0 Å². The third kappa shape index (κ3) is 4.17. The van der Waals surface area contributed by atoms with Gasteiger partial charge in [0.05, 0.1) is 0 Å². The SMILES string of the molecule is CCCCCOC1C=CC(CC)=CC1F. The Hall–Kier alpha value is -0.630. The van der Waals surface area contributed by atoms with Gasteiger partial charge in [-0.25, -0.2) is 4.39 Å².